The van der Waals surface area contributed by atoms with E-state index in [0.717, 1.165) is 18.4 Å². The standard InChI is InChI=1S/C18H26N2/c19-18-6-2-5-16-11-20(12-17(16)18)10-13-7-8-14-3-1-4-15(14)9-13/h7-9,16-18H,1-6,10-12,19H2. The van der Waals surface area contributed by atoms with Crippen molar-refractivity contribution in [1.82, 2.24) is 4.90 Å². The lowest BCUT2D eigenvalue weighted by Crippen LogP contribution is -2.38. The topological polar surface area (TPSA) is 29.3 Å². The lowest BCUT2D eigenvalue weighted by molar-refractivity contribution is 0.259. The van der Waals surface area contributed by atoms with Gasteiger partial charge in [0.2, 0.25) is 0 Å². The molecule has 1 heterocycles. The smallest absolute Gasteiger partial charge is 0.0234 e. The van der Waals surface area contributed by atoms with Gasteiger partial charge < -0.3 is 5.73 Å². The van der Waals surface area contributed by atoms with Crippen LogP contribution in [-0.4, -0.2) is 24.0 Å². The van der Waals surface area contributed by atoms with Gasteiger partial charge >= 0.3 is 0 Å². The number of benzene rings is 1. The van der Waals surface area contributed by atoms with E-state index in [-0.39, 0.29) is 0 Å². The van der Waals surface area contributed by atoms with Gasteiger partial charge in [-0.15, -0.1) is 0 Å². The fourth-order valence-electron chi connectivity index (χ4n) is 4.72. The van der Waals surface area contributed by atoms with Crippen molar-refractivity contribution in [2.75, 3.05) is 13.1 Å². The molecule has 2 heteroatoms. The number of nitrogens with two attached hydrogens (primary N) is 1. The van der Waals surface area contributed by atoms with E-state index >= 15 is 0 Å². The van der Waals surface area contributed by atoms with Gasteiger partial charge in [0, 0.05) is 25.7 Å². The van der Waals surface area contributed by atoms with Crippen molar-refractivity contribution < 1.29 is 0 Å². The van der Waals surface area contributed by atoms with Crippen LogP contribution in [-0.2, 0) is 19.4 Å². The summed E-state index contributed by atoms with van der Waals surface area (Å²) in [5.74, 6) is 1.63. The first-order valence-electron chi connectivity index (χ1n) is 8.38. The van der Waals surface area contributed by atoms with Crippen molar-refractivity contribution in [2.24, 2.45) is 17.6 Å². The minimum Gasteiger partial charge on any atom is -0.327 e. The molecule has 108 valence electrons. The van der Waals surface area contributed by atoms with Gasteiger partial charge in [-0.3, -0.25) is 4.90 Å². The summed E-state index contributed by atoms with van der Waals surface area (Å²) in [4.78, 5) is 2.65. The van der Waals surface area contributed by atoms with Crippen LogP contribution in [0.4, 0.5) is 0 Å². The number of fused-ring (bicyclic) bond motifs is 2. The number of nitrogens with zero attached hydrogens (tertiary/aromatic N) is 1. The Morgan fingerprint density at radius 1 is 1.05 bits per heavy atom. The minimum absolute atomic E-state index is 0.457. The molecule has 1 aromatic carbocycles. The molecule has 20 heavy (non-hydrogen) atoms. The molecule has 2 nitrogen and oxygen atoms in total. The molecule has 1 saturated heterocycles. The SMILES string of the molecule is NC1CCCC2CN(Cc3ccc4c(c3)CCC4)CC12. The highest BCUT2D eigenvalue weighted by Gasteiger charge is 2.38. The molecule has 0 spiro atoms. The second-order valence-corrected chi connectivity index (χ2v) is 7.17. The van der Waals surface area contributed by atoms with Crippen LogP contribution in [0.25, 0.3) is 0 Å². The fourth-order valence-corrected chi connectivity index (χ4v) is 4.72. The summed E-state index contributed by atoms with van der Waals surface area (Å²) in [5.41, 5.74) is 11.0. The van der Waals surface area contributed by atoms with Gasteiger partial charge in [-0.05, 0) is 60.6 Å². The number of likely N-dealkylation sites (tertiary alicyclic amines) is 1. The Bertz CT molecular complexity index is 496. The second-order valence-electron chi connectivity index (χ2n) is 7.17. The number of aryl methyl sites for hydroxylation is 2. The summed E-state index contributed by atoms with van der Waals surface area (Å²) in [6.45, 7) is 3.63. The van der Waals surface area contributed by atoms with E-state index < -0.39 is 0 Å². The van der Waals surface area contributed by atoms with Crippen molar-refractivity contribution in [1.29, 1.82) is 0 Å². The third-order valence-corrected chi connectivity index (χ3v) is 5.80. The third-order valence-electron chi connectivity index (χ3n) is 5.80. The van der Waals surface area contributed by atoms with Crippen LogP contribution in [0.5, 0.6) is 0 Å². The first-order valence-corrected chi connectivity index (χ1v) is 8.38. The van der Waals surface area contributed by atoms with E-state index in [2.05, 4.69) is 23.1 Å². The van der Waals surface area contributed by atoms with Crippen LogP contribution in [0.3, 0.4) is 0 Å². The largest absolute Gasteiger partial charge is 0.327 e. The van der Waals surface area contributed by atoms with Gasteiger partial charge in [0.05, 0.1) is 0 Å². The minimum atomic E-state index is 0.457. The van der Waals surface area contributed by atoms with Crippen molar-refractivity contribution in [3.05, 3.63) is 34.9 Å². The molecule has 0 amide bonds. The van der Waals surface area contributed by atoms with Gasteiger partial charge in [0.15, 0.2) is 0 Å². The maximum absolute atomic E-state index is 6.32. The summed E-state index contributed by atoms with van der Waals surface area (Å²) in [6, 6.07) is 7.64. The zero-order valence-electron chi connectivity index (χ0n) is 12.4. The van der Waals surface area contributed by atoms with Gasteiger partial charge in [-0.1, -0.05) is 24.6 Å². The van der Waals surface area contributed by atoms with Crippen molar-refractivity contribution in [3.63, 3.8) is 0 Å². The second kappa shape index (κ2) is 5.16. The lowest BCUT2D eigenvalue weighted by atomic mass is 9.78. The van der Waals surface area contributed by atoms with E-state index in [1.807, 2.05) is 0 Å². The Labute approximate surface area is 122 Å². The summed E-state index contributed by atoms with van der Waals surface area (Å²) < 4.78 is 0. The molecule has 1 saturated carbocycles. The zero-order chi connectivity index (χ0) is 13.5. The van der Waals surface area contributed by atoms with Crippen molar-refractivity contribution in [2.45, 2.75) is 51.1 Å². The molecule has 3 atom stereocenters. The van der Waals surface area contributed by atoms with Crippen molar-refractivity contribution >= 4 is 0 Å². The Morgan fingerprint density at radius 2 is 1.95 bits per heavy atom. The van der Waals surface area contributed by atoms with Crippen LogP contribution >= 0.6 is 0 Å². The van der Waals surface area contributed by atoms with Crippen LogP contribution in [0.2, 0.25) is 0 Å². The van der Waals surface area contributed by atoms with E-state index in [1.165, 1.54) is 57.2 Å². The maximum Gasteiger partial charge on any atom is 0.0234 e. The monoisotopic (exact) mass is 270 g/mol. The number of hydrogen-bond acceptors (Lipinski definition) is 2. The molecular formula is C18H26N2. The molecule has 2 fully saturated rings. The van der Waals surface area contributed by atoms with E-state index in [1.54, 1.807) is 11.1 Å². The normalized spacial score (nSPS) is 33.1. The Kier molecular flexibility index (Phi) is 3.31. The Balaban J connectivity index is 1.45. The highest BCUT2D eigenvalue weighted by Crippen LogP contribution is 2.36. The Morgan fingerprint density at radius 3 is 2.85 bits per heavy atom. The van der Waals surface area contributed by atoms with Crippen LogP contribution < -0.4 is 5.73 Å². The predicted molar refractivity (Wildman–Crippen MR) is 82.6 cm³/mol. The zero-order valence-corrected chi connectivity index (χ0v) is 12.4. The molecule has 0 bridgehead atoms. The molecule has 3 unspecified atom stereocenters. The molecule has 2 N–H and O–H groups in total. The summed E-state index contributed by atoms with van der Waals surface area (Å²) in [6.07, 6.45) is 7.92. The molecule has 0 radical (unpaired) electrons. The molecule has 3 aliphatic rings. The molecule has 0 aromatic heterocycles. The summed E-state index contributed by atoms with van der Waals surface area (Å²) in [5, 5.41) is 0. The summed E-state index contributed by atoms with van der Waals surface area (Å²) in [7, 11) is 0. The average molecular weight is 270 g/mol. The van der Waals surface area contributed by atoms with Crippen molar-refractivity contribution in [3.8, 4) is 0 Å². The molecular weight excluding hydrogens is 244 g/mol. The van der Waals surface area contributed by atoms with Gasteiger partial charge in [-0.2, -0.15) is 0 Å². The first kappa shape index (κ1) is 12.8. The van der Waals surface area contributed by atoms with E-state index in [4.69, 9.17) is 5.73 Å². The number of hydrogen-bond donors (Lipinski definition) is 1. The first-order chi connectivity index (χ1) is 9.79. The highest BCUT2D eigenvalue weighted by molar-refractivity contribution is 5.35. The third kappa shape index (κ3) is 2.29. The number of rotatable bonds is 2. The van der Waals surface area contributed by atoms with E-state index in [9.17, 15) is 0 Å². The fraction of sp³-hybridized carbons (Fsp3) is 0.667. The maximum atomic E-state index is 6.32. The van der Waals surface area contributed by atoms with Gasteiger partial charge in [0.25, 0.3) is 0 Å². The highest BCUT2D eigenvalue weighted by atomic mass is 15.2. The predicted octanol–water partition coefficient (Wildman–Crippen LogP) is 2.73. The average Bonchev–Trinajstić information content (AvgIpc) is 3.05. The van der Waals surface area contributed by atoms with Crippen LogP contribution in [0.1, 0.15) is 42.4 Å². The van der Waals surface area contributed by atoms with Gasteiger partial charge in [-0.25, -0.2) is 0 Å². The van der Waals surface area contributed by atoms with Gasteiger partial charge in [0.1, 0.15) is 0 Å². The Hall–Kier alpha value is -0.860. The molecule has 1 aliphatic heterocycles. The quantitative estimate of drug-likeness (QED) is 0.895. The van der Waals surface area contributed by atoms with Crippen LogP contribution in [0, 0.1) is 11.8 Å². The van der Waals surface area contributed by atoms with E-state index in [0.29, 0.717) is 6.04 Å². The molecule has 2 aliphatic carbocycles. The molecule has 4 rings (SSSR count). The molecule has 1 aromatic rings. The lowest BCUT2D eigenvalue weighted by Gasteiger charge is -2.29. The summed E-state index contributed by atoms with van der Waals surface area (Å²) >= 11 is 0. The van der Waals surface area contributed by atoms with Crippen LogP contribution in [0.15, 0.2) is 18.2 Å².